The third kappa shape index (κ3) is 2.41. The summed E-state index contributed by atoms with van der Waals surface area (Å²) >= 11 is 0. The number of hydrogen-bond donors (Lipinski definition) is 1. The van der Waals surface area contributed by atoms with E-state index in [1.807, 2.05) is 4.90 Å². The van der Waals surface area contributed by atoms with Gasteiger partial charge in [-0.25, -0.2) is 8.78 Å². The van der Waals surface area contributed by atoms with Gasteiger partial charge in [0.05, 0.1) is 5.69 Å². The number of rotatable bonds is 2. The predicted molar refractivity (Wildman–Crippen MR) is 64.9 cm³/mol. The number of nitrogens with zero attached hydrogens (tertiary/aromatic N) is 1. The van der Waals surface area contributed by atoms with Crippen molar-refractivity contribution in [1.82, 2.24) is 0 Å². The van der Waals surface area contributed by atoms with Gasteiger partial charge in [-0.05, 0) is 24.8 Å². The Hall–Kier alpha value is -1.16. The zero-order chi connectivity index (χ0) is 12.4. The van der Waals surface area contributed by atoms with E-state index in [1.165, 1.54) is 0 Å². The van der Waals surface area contributed by atoms with Crippen LogP contribution in [0.1, 0.15) is 25.3 Å². The highest BCUT2D eigenvalue weighted by Crippen LogP contribution is 2.28. The molecule has 0 saturated carbocycles. The van der Waals surface area contributed by atoms with Gasteiger partial charge in [-0.1, -0.05) is 13.0 Å². The van der Waals surface area contributed by atoms with Crippen molar-refractivity contribution < 1.29 is 8.78 Å². The van der Waals surface area contributed by atoms with Crippen LogP contribution in [0, 0.1) is 17.6 Å². The van der Waals surface area contributed by atoms with Crippen molar-refractivity contribution in [2.24, 2.45) is 11.7 Å². The second-order valence-electron chi connectivity index (χ2n) is 4.77. The van der Waals surface area contributed by atoms with Gasteiger partial charge < -0.3 is 10.6 Å². The van der Waals surface area contributed by atoms with Gasteiger partial charge in [-0.3, -0.25) is 0 Å². The maximum atomic E-state index is 13.9. The molecular weight excluding hydrogens is 222 g/mol. The van der Waals surface area contributed by atoms with Crippen molar-refractivity contribution in [1.29, 1.82) is 0 Å². The minimum absolute atomic E-state index is 0.0272. The van der Waals surface area contributed by atoms with Crippen LogP contribution in [0.3, 0.4) is 0 Å². The Morgan fingerprint density at radius 1 is 1.35 bits per heavy atom. The minimum Gasteiger partial charge on any atom is -0.369 e. The number of anilines is 1. The van der Waals surface area contributed by atoms with Gasteiger partial charge >= 0.3 is 0 Å². The SMILES string of the molecule is CC1CCCN(c2ccc(CN)c(F)c2F)C1. The highest BCUT2D eigenvalue weighted by molar-refractivity contribution is 5.50. The molecule has 1 aromatic rings. The number of halogens is 2. The molecule has 1 aliphatic rings. The first-order chi connectivity index (χ1) is 8.13. The number of benzene rings is 1. The fourth-order valence-corrected chi connectivity index (χ4v) is 2.39. The molecule has 0 aliphatic carbocycles. The summed E-state index contributed by atoms with van der Waals surface area (Å²) in [5.41, 5.74) is 5.95. The molecule has 1 saturated heterocycles. The number of nitrogens with two attached hydrogens (primary N) is 1. The molecule has 0 aromatic heterocycles. The third-order valence-electron chi connectivity index (χ3n) is 3.36. The molecule has 2 rings (SSSR count). The molecule has 1 unspecified atom stereocenters. The Labute approximate surface area is 100 Å². The van der Waals surface area contributed by atoms with E-state index >= 15 is 0 Å². The van der Waals surface area contributed by atoms with Crippen LogP contribution >= 0.6 is 0 Å². The predicted octanol–water partition coefficient (Wildman–Crippen LogP) is 2.66. The van der Waals surface area contributed by atoms with E-state index in [1.54, 1.807) is 12.1 Å². The van der Waals surface area contributed by atoms with Crippen LogP contribution in [-0.4, -0.2) is 13.1 Å². The highest BCUT2D eigenvalue weighted by Gasteiger charge is 2.21. The van der Waals surface area contributed by atoms with E-state index in [2.05, 4.69) is 6.92 Å². The Morgan fingerprint density at radius 3 is 2.76 bits per heavy atom. The lowest BCUT2D eigenvalue weighted by molar-refractivity contribution is 0.435. The van der Waals surface area contributed by atoms with Crippen LogP contribution in [0.2, 0.25) is 0 Å². The topological polar surface area (TPSA) is 29.3 Å². The first-order valence-corrected chi connectivity index (χ1v) is 6.05. The van der Waals surface area contributed by atoms with Crippen molar-refractivity contribution in [3.63, 3.8) is 0 Å². The first-order valence-electron chi connectivity index (χ1n) is 6.05. The fourth-order valence-electron chi connectivity index (χ4n) is 2.39. The van der Waals surface area contributed by atoms with Crippen LogP contribution in [0.5, 0.6) is 0 Å². The molecule has 17 heavy (non-hydrogen) atoms. The highest BCUT2D eigenvalue weighted by atomic mass is 19.2. The number of piperidine rings is 1. The Kier molecular flexibility index (Phi) is 3.62. The maximum absolute atomic E-state index is 13.9. The average molecular weight is 240 g/mol. The second-order valence-corrected chi connectivity index (χ2v) is 4.77. The normalized spacial score (nSPS) is 20.7. The summed E-state index contributed by atoms with van der Waals surface area (Å²) in [6, 6.07) is 3.21. The summed E-state index contributed by atoms with van der Waals surface area (Å²) < 4.78 is 27.5. The summed E-state index contributed by atoms with van der Waals surface area (Å²) in [4.78, 5) is 1.92. The van der Waals surface area contributed by atoms with Gasteiger partial charge in [0.15, 0.2) is 11.6 Å². The van der Waals surface area contributed by atoms with Gasteiger partial charge in [0, 0.05) is 25.2 Å². The molecule has 1 atom stereocenters. The van der Waals surface area contributed by atoms with Gasteiger partial charge in [-0.2, -0.15) is 0 Å². The monoisotopic (exact) mass is 240 g/mol. The Balaban J connectivity index is 2.29. The average Bonchev–Trinajstić information content (AvgIpc) is 2.32. The molecule has 2 N–H and O–H groups in total. The number of hydrogen-bond acceptors (Lipinski definition) is 2. The van der Waals surface area contributed by atoms with E-state index in [-0.39, 0.29) is 12.1 Å². The third-order valence-corrected chi connectivity index (χ3v) is 3.36. The van der Waals surface area contributed by atoms with Crippen molar-refractivity contribution in [2.75, 3.05) is 18.0 Å². The Morgan fingerprint density at radius 2 is 2.12 bits per heavy atom. The largest absolute Gasteiger partial charge is 0.369 e. The van der Waals surface area contributed by atoms with Crippen LogP contribution < -0.4 is 10.6 Å². The molecule has 0 radical (unpaired) electrons. The van der Waals surface area contributed by atoms with Crippen LogP contribution in [0.4, 0.5) is 14.5 Å². The summed E-state index contributed by atoms with van der Waals surface area (Å²) in [5, 5.41) is 0. The Bertz CT molecular complexity index is 407. The lowest BCUT2D eigenvalue weighted by Crippen LogP contribution is -2.35. The molecule has 94 valence electrons. The van der Waals surface area contributed by atoms with Crippen molar-refractivity contribution >= 4 is 5.69 Å². The molecule has 2 nitrogen and oxygen atoms in total. The van der Waals surface area contributed by atoms with Crippen molar-refractivity contribution in [2.45, 2.75) is 26.3 Å². The smallest absolute Gasteiger partial charge is 0.182 e. The van der Waals surface area contributed by atoms with Gasteiger partial charge in [0.25, 0.3) is 0 Å². The van der Waals surface area contributed by atoms with Crippen molar-refractivity contribution in [3.8, 4) is 0 Å². The molecule has 4 heteroatoms. The van der Waals surface area contributed by atoms with E-state index in [0.717, 1.165) is 25.9 Å². The standard InChI is InChI=1S/C13H18F2N2/c1-9-3-2-6-17(8-9)11-5-4-10(7-16)12(14)13(11)15/h4-5,9H,2-3,6-8,16H2,1H3. The molecular formula is C13H18F2N2. The second kappa shape index (κ2) is 5.00. The first kappa shape index (κ1) is 12.3. The zero-order valence-electron chi connectivity index (χ0n) is 10.0. The fraction of sp³-hybridized carbons (Fsp3) is 0.538. The lowest BCUT2D eigenvalue weighted by atomic mass is 9.99. The van der Waals surface area contributed by atoms with Crippen molar-refractivity contribution in [3.05, 3.63) is 29.3 Å². The quantitative estimate of drug-likeness (QED) is 0.861. The van der Waals surface area contributed by atoms with Crippen LogP contribution in [-0.2, 0) is 6.54 Å². The molecule has 1 aliphatic heterocycles. The molecule has 1 aromatic carbocycles. The summed E-state index contributed by atoms with van der Waals surface area (Å²) in [7, 11) is 0. The zero-order valence-corrected chi connectivity index (χ0v) is 10.0. The molecule has 0 bridgehead atoms. The molecule has 1 fully saturated rings. The summed E-state index contributed by atoms with van der Waals surface area (Å²) in [5.74, 6) is -1.04. The van der Waals surface area contributed by atoms with Gasteiger partial charge in [0.2, 0.25) is 0 Å². The van der Waals surface area contributed by atoms with Gasteiger partial charge in [0.1, 0.15) is 0 Å². The van der Waals surface area contributed by atoms with E-state index in [4.69, 9.17) is 5.73 Å². The summed E-state index contributed by atoms with van der Waals surface area (Å²) in [6.07, 6.45) is 2.18. The molecule has 0 amide bonds. The van der Waals surface area contributed by atoms with Crippen LogP contribution in [0.15, 0.2) is 12.1 Å². The van der Waals surface area contributed by atoms with E-state index in [9.17, 15) is 8.78 Å². The lowest BCUT2D eigenvalue weighted by Gasteiger charge is -2.33. The van der Waals surface area contributed by atoms with Gasteiger partial charge in [-0.15, -0.1) is 0 Å². The van der Waals surface area contributed by atoms with Crippen LogP contribution in [0.25, 0.3) is 0 Å². The minimum atomic E-state index is -0.803. The van der Waals surface area contributed by atoms with E-state index in [0.29, 0.717) is 11.6 Å². The maximum Gasteiger partial charge on any atom is 0.182 e. The summed E-state index contributed by atoms with van der Waals surface area (Å²) in [6.45, 7) is 3.75. The molecule has 1 heterocycles. The molecule has 0 spiro atoms. The van der Waals surface area contributed by atoms with E-state index < -0.39 is 11.6 Å².